The lowest BCUT2D eigenvalue weighted by Crippen LogP contribution is -2.48. The molecule has 0 bridgehead atoms. The Morgan fingerprint density at radius 1 is 1.39 bits per heavy atom. The third-order valence-electron chi connectivity index (χ3n) is 2.75. The van der Waals surface area contributed by atoms with Gasteiger partial charge in [0.2, 0.25) is 5.91 Å². The van der Waals surface area contributed by atoms with Crippen LogP contribution in [0, 0.1) is 0 Å². The van der Waals surface area contributed by atoms with Crippen LogP contribution in [0.5, 0.6) is 0 Å². The number of piperidine rings is 1. The maximum atomic E-state index is 11.8. The van der Waals surface area contributed by atoms with Gasteiger partial charge in [0.25, 0.3) is 5.91 Å². The van der Waals surface area contributed by atoms with Gasteiger partial charge in [0.05, 0.1) is 12.4 Å². The van der Waals surface area contributed by atoms with Gasteiger partial charge in [-0.3, -0.25) is 19.5 Å². The number of hydrazine groups is 1. The number of amides is 2. The number of hydrogen-bond donors (Lipinski definition) is 3. The lowest BCUT2D eigenvalue weighted by molar-refractivity contribution is -0.146. The number of nitrogen functional groups attached to an aromatic ring is 1. The maximum Gasteiger partial charge on any atom is 0.251 e. The summed E-state index contributed by atoms with van der Waals surface area (Å²) < 4.78 is 0. The van der Waals surface area contributed by atoms with Gasteiger partial charge in [-0.1, -0.05) is 0 Å². The van der Waals surface area contributed by atoms with Crippen molar-refractivity contribution in [1.82, 2.24) is 14.9 Å². The molecule has 1 atom stereocenters. The summed E-state index contributed by atoms with van der Waals surface area (Å²) in [6.07, 6.45) is 3.74. The Labute approximate surface area is 104 Å². The average molecular weight is 250 g/mol. The number of nitrogens with one attached hydrogen (secondary N) is 2. The fourth-order valence-corrected chi connectivity index (χ4v) is 1.73. The number of likely N-dealkylation sites (N-methyl/N-ethyl adjacent to an activating group) is 1. The van der Waals surface area contributed by atoms with Gasteiger partial charge in [-0.2, -0.15) is 0 Å². The van der Waals surface area contributed by atoms with E-state index < -0.39 is 6.04 Å². The molecule has 96 valence electrons. The predicted octanol–water partition coefficient (Wildman–Crippen LogP) is -0.678. The van der Waals surface area contributed by atoms with Crippen molar-refractivity contribution < 1.29 is 9.59 Å². The summed E-state index contributed by atoms with van der Waals surface area (Å²) in [7, 11) is 1.47. The standard InChI is InChI=1S/C10H14N6O2/c1-16-9(17)3-2-6(10(16)18)13-7-4-12-5-8(14-7)15-11/h4-6H,2-3,11H2,1H3,(H2,13,14,15). The monoisotopic (exact) mass is 250 g/mol. The van der Waals surface area contributed by atoms with Crippen molar-refractivity contribution in [3.63, 3.8) is 0 Å². The van der Waals surface area contributed by atoms with Crippen molar-refractivity contribution in [3.8, 4) is 0 Å². The van der Waals surface area contributed by atoms with Crippen molar-refractivity contribution in [2.24, 2.45) is 5.84 Å². The number of carbonyl (C=O) groups excluding carboxylic acids is 2. The molecule has 1 saturated heterocycles. The minimum absolute atomic E-state index is 0.165. The molecule has 0 saturated carbocycles. The summed E-state index contributed by atoms with van der Waals surface area (Å²) in [5.74, 6) is 5.62. The highest BCUT2D eigenvalue weighted by Gasteiger charge is 2.31. The van der Waals surface area contributed by atoms with Gasteiger partial charge < -0.3 is 10.7 Å². The third-order valence-corrected chi connectivity index (χ3v) is 2.75. The average Bonchev–Trinajstić information content (AvgIpc) is 2.40. The molecule has 8 nitrogen and oxygen atoms in total. The molecule has 1 unspecified atom stereocenters. The minimum atomic E-state index is -0.463. The van der Waals surface area contributed by atoms with Gasteiger partial charge in [0, 0.05) is 13.5 Å². The quantitative estimate of drug-likeness (QED) is 0.370. The predicted molar refractivity (Wildman–Crippen MR) is 64.3 cm³/mol. The van der Waals surface area contributed by atoms with Crippen molar-refractivity contribution in [2.45, 2.75) is 18.9 Å². The van der Waals surface area contributed by atoms with E-state index in [9.17, 15) is 9.59 Å². The number of carbonyl (C=O) groups is 2. The van der Waals surface area contributed by atoms with Gasteiger partial charge in [-0.15, -0.1) is 0 Å². The first kappa shape index (κ1) is 12.2. The zero-order valence-electron chi connectivity index (χ0n) is 9.88. The molecule has 1 aliphatic rings. The van der Waals surface area contributed by atoms with E-state index in [1.165, 1.54) is 19.4 Å². The summed E-state index contributed by atoms with van der Waals surface area (Å²) in [4.78, 5) is 32.3. The van der Waals surface area contributed by atoms with Gasteiger partial charge in [-0.25, -0.2) is 10.8 Å². The molecule has 0 aromatic carbocycles. The fourth-order valence-electron chi connectivity index (χ4n) is 1.73. The molecule has 0 radical (unpaired) electrons. The highest BCUT2D eigenvalue weighted by molar-refractivity contribution is 6.01. The summed E-state index contributed by atoms with van der Waals surface area (Å²) in [5.41, 5.74) is 2.37. The van der Waals surface area contributed by atoms with Crippen molar-refractivity contribution >= 4 is 23.5 Å². The second-order valence-corrected chi connectivity index (χ2v) is 3.96. The summed E-state index contributed by atoms with van der Waals surface area (Å²) >= 11 is 0. The molecule has 2 rings (SSSR count). The van der Waals surface area contributed by atoms with Gasteiger partial charge in [0.15, 0.2) is 5.82 Å². The zero-order chi connectivity index (χ0) is 13.1. The molecule has 0 spiro atoms. The Morgan fingerprint density at radius 3 is 2.83 bits per heavy atom. The van der Waals surface area contributed by atoms with Crippen LogP contribution in [-0.2, 0) is 9.59 Å². The highest BCUT2D eigenvalue weighted by atomic mass is 16.2. The van der Waals surface area contributed by atoms with Crippen LogP contribution in [0.2, 0.25) is 0 Å². The van der Waals surface area contributed by atoms with Crippen LogP contribution in [0.3, 0.4) is 0 Å². The second kappa shape index (κ2) is 4.96. The molecule has 1 fully saturated rings. The fraction of sp³-hybridized carbons (Fsp3) is 0.400. The number of hydrogen-bond acceptors (Lipinski definition) is 7. The Hall–Kier alpha value is -2.22. The van der Waals surface area contributed by atoms with Crippen LogP contribution >= 0.6 is 0 Å². The van der Waals surface area contributed by atoms with Crippen LogP contribution in [0.1, 0.15) is 12.8 Å². The van der Waals surface area contributed by atoms with E-state index >= 15 is 0 Å². The Bertz CT molecular complexity index is 477. The molecule has 4 N–H and O–H groups in total. The van der Waals surface area contributed by atoms with Crippen LogP contribution in [0.25, 0.3) is 0 Å². The van der Waals surface area contributed by atoms with E-state index in [2.05, 4.69) is 20.7 Å². The van der Waals surface area contributed by atoms with Crippen LogP contribution in [0.15, 0.2) is 12.4 Å². The van der Waals surface area contributed by atoms with E-state index in [1.807, 2.05) is 0 Å². The first-order valence-corrected chi connectivity index (χ1v) is 5.47. The van der Waals surface area contributed by atoms with E-state index in [1.54, 1.807) is 0 Å². The molecule has 0 aliphatic carbocycles. The minimum Gasteiger partial charge on any atom is -0.357 e. The molecule has 1 aliphatic heterocycles. The molecule has 1 aromatic heterocycles. The maximum absolute atomic E-state index is 11.8. The number of rotatable bonds is 3. The van der Waals surface area contributed by atoms with Crippen LogP contribution in [0.4, 0.5) is 11.6 Å². The van der Waals surface area contributed by atoms with Crippen LogP contribution < -0.4 is 16.6 Å². The summed E-state index contributed by atoms with van der Waals surface area (Å²) in [6, 6.07) is -0.463. The van der Waals surface area contributed by atoms with Gasteiger partial charge in [-0.05, 0) is 6.42 Å². The molecule has 18 heavy (non-hydrogen) atoms. The highest BCUT2D eigenvalue weighted by Crippen LogP contribution is 2.16. The van der Waals surface area contributed by atoms with E-state index in [-0.39, 0.29) is 11.8 Å². The lowest BCUT2D eigenvalue weighted by atomic mass is 10.0. The van der Waals surface area contributed by atoms with Gasteiger partial charge in [0.1, 0.15) is 11.9 Å². The normalized spacial score (nSPS) is 19.9. The molecular weight excluding hydrogens is 236 g/mol. The lowest BCUT2D eigenvalue weighted by Gasteiger charge is -2.28. The van der Waals surface area contributed by atoms with E-state index in [0.29, 0.717) is 24.5 Å². The number of aromatic nitrogens is 2. The van der Waals surface area contributed by atoms with E-state index in [4.69, 9.17) is 5.84 Å². The molecular formula is C10H14N6O2. The molecule has 2 amide bonds. The second-order valence-electron chi connectivity index (χ2n) is 3.96. The molecule has 8 heteroatoms. The first-order chi connectivity index (χ1) is 8.61. The topological polar surface area (TPSA) is 113 Å². The Balaban J connectivity index is 2.09. The summed E-state index contributed by atoms with van der Waals surface area (Å²) in [5, 5.41) is 2.94. The van der Waals surface area contributed by atoms with Crippen molar-refractivity contribution in [1.29, 1.82) is 0 Å². The molecule has 2 heterocycles. The summed E-state index contributed by atoms with van der Waals surface area (Å²) in [6.45, 7) is 0. The number of anilines is 2. The largest absolute Gasteiger partial charge is 0.357 e. The van der Waals surface area contributed by atoms with E-state index in [0.717, 1.165) is 4.90 Å². The molecule has 1 aromatic rings. The van der Waals surface area contributed by atoms with Crippen LogP contribution in [-0.4, -0.2) is 39.8 Å². The zero-order valence-corrected chi connectivity index (χ0v) is 9.88. The van der Waals surface area contributed by atoms with Gasteiger partial charge >= 0.3 is 0 Å². The Morgan fingerprint density at radius 2 is 2.11 bits per heavy atom. The van der Waals surface area contributed by atoms with Crippen molar-refractivity contribution in [2.75, 3.05) is 17.8 Å². The number of likely N-dealkylation sites (tertiary alicyclic amines) is 1. The smallest absolute Gasteiger partial charge is 0.251 e. The number of nitrogens with two attached hydrogens (primary N) is 1. The van der Waals surface area contributed by atoms with Crippen molar-refractivity contribution in [3.05, 3.63) is 12.4 Å². The number of imide groups is 1. The number of nitrogens with zero attached hydrogens (tertiary/aromatic N) is 3. The third kappa shape index (κ3) is 2.38. The first-order valence-electron chi connectivity index (χ1n) is 5.47. The SMILES string of the molecule is CN1C(=O)CCC(Nc2cncc(NN)n2)C1=O. The Kier molecular flexibility index (Phi) is 3.38.